The molecule has 35 heavy (non-hydrogen) atoms. The lowest BCUT2D eigenvalue weighted by atomic mass is 9.78. The van der Waals surface area contributed by atoms with Crippen LogP contribution in [0.15, 0.2) is 18.2 Å². The largest absolute Gasteiger partial charge is 0.469 e. The Hall–Kier alpha value is -2.00. The number of esters is 2. The highest BCUT2D eigenvalue weighted by molar-refractivity contribution is 7.91. The Balaban J connectivity index is 3.18. The van der Waals surface area contributed by atoms with Crippen LogP contribution in [0.1, 0.15) is 79.1 Å². The summed E-state index contributed by atoms with van der Waals surface area (Å²) in [6.45, 7) is 12.3. The van der Waals surface area contributed by atoms with Crippen LogP contribution in [0, 0.1) is 11.3 Å². The van der Waals surface area contributed by atoms with Crippen molar-refractivity contribution in [1.29, 1.82) is 0 Å². The molecule has 1 aromatic rings. The number of carbonyl (C=O) groups excluding carboxylic acids is 2. The number of hydrogen-bond acceptors (Lipinski definition) is 8. The monoisotopic (exact) mass is 513 g/mol. The number of hydrogen-bond donors (Lipinski definition) is 1. The molecule has 0 aliphatic carbocycles. The molecule has 0 bridgehead atoms. The van der Waals surface area contributed by atoms with Crippen LogP contribution < -0.4 is 0 Å². The molecule has 0 aliphatic rings. The molecule has 200 valence electrons. The lowest BCUT2D eigenvalue weighted by Gasteiger charge is -2.32. The first-order valence-corrected chi connectivity index (χ1v) is 13.9. The van der Waals surface area contributed by atoms with Crippen LogP contribution in [-0.4, -0.2) is 61.3 Å². The van der Waals surface area contributed by atoms with Crippen LogP contribution >= 0.6 is 0 Å². The van der Waals surface area contributed by atoms with E-state index in [1.165, 1.54) is 7.11 Å². The molecular weight excluding hydrogens is 470 g/mol. The number of pyridine rings is 1. The van der Waals surface area contributed by atoms with Gasteiger partial charge in [-0.15, -0.1) is 0 Å². The van der Waals surface area contributed by atoms with Crippen molar-refractivity contribution in [2.45, 2.75) is 85.2 Å². The smallest absolute Gasteiger partial charge is 0.318 e. The molecular formula is C26H43NO7S. The van der Waals surface area contributed by atoms with Crippen molar-refractivity contribution in [1.82, 2.24) is 4.98 Å². The van der Waals surface area contributed by atoms with E-state index in [2.05, 4.69) is 0 Å². The average Bonchev–Trinajstić information content (AvgIpc) is 2.70. The number of sulfone groups is 1. The van der Waals surface area contributed by atoms with E-state index < -0.39 is 38.8 Å². The third-order valence-electron chi connectivity index (χ3n) is 5.88. The van der Waals surface area contributed by atoms with Crippen LogP contribution in [0.4, 0.5) is 0 Å². The molecule has 0 spiro atoms. The second-order valence-electron chi connectivity index (χ2n) is 11.3. The quantitative estimate of drug-likeness (QED) is 0.397. The predicted molar refractivity (Wildman–Crippen MR) is 136 cm³/mol. The standard InChI is InChI=1S/C26H43NO7S/c1-19(22(29)33-8)17-20-11-9-12-21(27-20)26(7,23(30)34-24(2,3)4)14-10-13-25(5,6)18-35(31,32)16-15-28/h9,11-12,19,28H,10,13-18H2,1-8H3/t19-,26?/m1/s1. The summed E-state index contributed by atoms with van der Waals surface area (Å²) in [6.07, 6.45) is 1.92. The number of carbonyl (C=O) groups is 2. The van der Waals surface area contributed by atoms with Gasteiger partial charge in [0.25, 0.3) is 0 Å². The summed E-state index contributed by atoms with van der Waals surface area (Å²) in [5, 5.41) is 9.02. The fraction of sp³-hybridized carbons (Fsp3) is 0.731. The first-order valence-electron chi connectivity index (χ1n) is 12.0. The molecule has 1 unspecified atom stereocenters. The summed E-state index contributed by atoms with van der Waals surface area (Å²) < 4.78 is 35.0. The fourth-order valence-corrected chi connectivity index (χ4v) is 5.78. The lowest BCUT2D eigenvalue weighted by Crippen LogP contribution is -2.40. The van der Waals surface area contributed by atoms with Gasteiger partial charge in [0, 0.05) is 12.1 Å². The third-order valence-corrected chi connectivity index (χ3v) is 7.91. The number of ether oxygens (including phenoxy) is 2. The highest BCUT2D eigenvalue weighted by Crippen LogP contribution is 2.35. The van der Waals surface area contributed by atoms with E-state index in [-0.39, 0.29) is 23.4 Å². The number of aromatic nitrogens is 1. The molecule has 1 heterocycles. The van der Waals surface area contributed by atoms with Crippen molar-refractivity contribution in [3.05, 3.63) is 29.6 Å². The van der Waals surface area contributed by atoms with E-state index in [1.807, 2.05) is 46.8 Å². The topological polar surface area (TPSA) is 120 Å². The minimum Gasteiger partial charge on any atom is -0.469 e. The maximum Gasteiger partial charge on any atom is 0.318 e. The van der Waals surface area contributed by atoms with E-state index in [0.29, 0.717) is 37.1 Å². The van der Waals surface area contributed by atoms with Gasteiger partial charge in [0.05, 0.1) is 36.8 Å². The van der Waals surface area contributed by atoms with E-state index in [9.17, 15) is 18.0 Å². The Bertz CT molecular complexity index is 966. The van der Waals surface area contributed by atoms with Gasteiger partial charge >= 0.3 is 11.9 Å². The normalized spacial score (nSPS) is 15.2. The van der Waals surface area contributed by atoms with E-state index >= 15 is 0 Å². The molecule has 0 aromatic carbocycles. The minimum absolute atomic E-state index is 0.0388. The van der Waals surface area contributed by atoms with Gasteiger partial charge in [0.1, 0.15) is 11.0 Å². The van der Waals surface area contributed by atoms with E-state index in [1.54, 1.807) is 19.9 Å². The van der Waals surface area contributed by atoms with Crippen molar-refractivity contribution < 1.29 is 32.6 Å². The van der Waals surface area contributed by atoms with Gasteiger partial charge in [-0.2, -0.15) is 0 Å². The Morgan fingerprint density at radius 3 is 2.26 bits per heavy atom. The maximum absolute atomic E-state index is 13.4. The minimum atomic E-state index is -3.37. The summed E-state index contributed by atoms with van der Waals surface area (Å²) in [4.78, 5) is 30.0. The zero-order chi connectivity index (χ0) is 27.1. The molecule has 0 aliphatic heterocycles. The SMILES string of the molecule is COC(=O)[C@H](C)Cc1cccc(C(C)(CCCC(C)(C)CS(=O)(=O)CCO)C(=O)OC(C)(C)C)n1. The van der Waals surface area contributed by atoms with Gasteiger partial charge in [-0.05, 0) is 58.1 Å². The third kappa shape index (κ3) is 10.3. The van der Waals surface area contributed by atoms with Gasteiger partial charge in [0.15, 0.2) is 9.84 Å². The summed E-state index contributed by atoms with van der Waals surface area (Å²) in [5.74, 6) is -1.40. The highest BCUT2D eigenvalue weighted by Gasteiger charge is 2.40. The Kier molecular flexibility index (Phi) is 10.9. The molecule has 0 amide bonds. The molecule has 1 rings (SSSR count). The molecule has 0 fully saturated rings. The van der Waals surface area contributed by atoms with Crippen LogP contribution in [0.25, 0.3) is 0 Å². The first kappa shape index (κ1) is 31.0. The number of nitrogens with zero attached hydrogens (tertiary/aromatic N) is 1. The Morgan fingerprint density at radius 1 is 1.09 bits per heavy atom. The molecule has 0 radical (unpaired) electrons. The van der Waals surface area contributed by atoms with Crippen LogP contribution in [0.3, 0.4) is 0 Å². The molecule has 8 nitrogen and oxygen atoms in total. The van der Waals surface area contributed by atoms with Gasteiger partial charge in [-0.25, -0.2) is 8.42 Å². The van der Waals surface area contributed by atoms with Crippen molar-refractivity contribution in [2.75, 3.05) is 25.2 Å². The molecule has 0 saturated heterocycles. The first-order chi connectivity index (χ1) is 15.9. The number of methoxy groups -OCH3 is 1. The van der Waals surface area contributed by atoms with Gasteiger partial charge < -0.3 is 14.6 Å². The van der Waals surface area contributed by atoms with Gasteiger partial charge in [0.2, 0.25) is 0 Å². The highest BCUT2D eigenvalue weighted by atomic mass is 32.2. The maximum atomic E-state index is 13.4. The molecule has 0 saturated carbocycles. The van der Waals surface area contributed by atoms with Crippen LogP contribution in [0.2, 0.25) is 0 Å². The van der Waals surface area contributed by atoms with E-state index in [0.717, 1.165) is 0 Å². The number of aliphatic hydroxyl groups excluding tert-OH is 1. The zero-order valence-corrected chi connectivity index (χ0v) is 23.3. The Morgan fingerprint density at radius 2 is 1.71 bits per heavy atom. The summed E-state index contributed by atoms with van der Waals surface area (Å²) in [7, 11) is -2.02. The molecule has 2 atom stereocenters. The predicted octanol–water partition coefficient (Wildman–Crippen LogP) is 3.64. The second kappa shape index (κ2) is 12.3. The lowest BCUT2D eigenvalue weighted by molar-refractivity contribution is -0.162. The average molecular weight is 514 g/mol. The van der Waals surface area contributed by atoms with Crippen molar-refractivity contribution in [3.8, 4) is 0 Å². The van der Waals surface area contributed by atoms with Crippen molar-refractivity contribution >= 4 is 21.8 Å². The second-order valence-corrected chi connectivity index (χ2v) is 13.5. The zero-order valence-electron chi connectivity index (χ0n) is 22.5. The molecule has 9 heteroatoms. The van der Waals surface area contributed by atoms with Gasteiger partial charge in [-0.1, -0.05) is 33.3 Å². The van der Waals surface area contributed by atoms with Crippen molar-refractivity contribution in [2.24, 2.45) is 11.3 Å². The van der Waals surface area contributed by atoms with Crippen LogP contribution in [0.5, 0.6) is 0 Å². The van der Waals surface area contributed by atoms with E-state index in [4.69, 9.17) is 19.6 Å². The Labute approximate surface area is 210 Å². The number of aliphatic hydroxyl groups is 1. The summed E-state index contributed by atoms with van der Waals surface area (Å²) in [5.41, 5.74) is -1.04. The molecule has 1 N–H and O–H groups in total. The summed E-state index contributed by atoms with van der Waals surface area (Å²) >= 11 is 0. The molecule has 1 aromatic heterocycles. The fourth-order valence-electron chi connectivity index (χ4n) is 4.02. The van der Waals surface area contributed by atoms with Gasteiger partial charge in [-0.3, -0.25) is 14.6 Å². The summed E-state index contributed by atoms with van der Waals surface area (Å²) in [6, 6.07) is 5.41. The number of rotatable bonds is 13. The van der Waals surface area contributed by atoms with Crippen LogP contribution in [-0.2, 0) is 40.7 Å². The van der Waals surface area contributed by atoms with Crippen molar-refractivity contribution in [3.63, 3.8) is 0 Å².